The van der Waals surface area contributed by atoms with Crippen molar-refractivity contribution in [2.24, 2.45) is 5.73 Å². The van der Waals surface area contributed by atoms with E-state index >= 15 is 0 Å². The maximum Gasteiger partial charge on any atom is 0.0624 e. The van der Waals surface area contributed by atoms with Crippen molar-refractivity contribution in [1.82, 2.24) is 9.78 Å². The van der Waals surface area contributed by atoms with Crippen molar-refractivity contribution in [3.8, 4) is 0 Å². The van der Waals surface area contributed by atoms with Crippen LogP contribution in [-0.2, 0) is 6.42 Å². The summed E-state index contributed by atoms with van der Waals surface area (Å²) in [5.41, 5.74) is 8.57. The molecule has 102 valence electrons. The van der Waals surface area contributed by atoms with Gasteiger partial charge in [0.2, 0.25) is 0 Å². The quantitative estimate of drug-likeness (QED) is 0.861. The lowest BCUT2D eigenvalue weighted by Gasteiger charge is -2.11. The molecule has 1 aromatic carbocycles. The van der Waals surface area contributed by atoms with Crippen LogP contribution in [0, 0.1) is 0 Å². The van der Waals surface area contributed by atoms with Crippen LogP contribution in [0.4, 0.5) is 0 Å². The first-order valence-corrected chi connectivity index (χ1v) is 7.01. The minimum atomic E-state index is 0.133. The fourth-order valence-electron chi connectivity index (χ4n) is 2.17. The molecule has 1 atom stereocenters. The number of hydrogen-bond donors (Lipinski definition) is 1. The number of nitrogens with zero attached hydrogens (tertiary/aromatic N) is 2. The smallest absolute Gasteiger partial charge is 0.0624 e. The number of hydrogen-bond acceptors (Lipinski definition) is 2. The summed E-state index contributed by atoms with van der Waals surface area (Å²) in [7, 11) is 0. The molecule has 2 aromatic rings. The van der Waals surface area contributed by atoms with Crippen LogP contribution in [0.1, 0.15) is 50.0 Å². The summed E-state index contributed by atoms with van der Waals surface area (Å²) in [6.07, 6.45) is 5.13. The standard InChI is InChI=1S/C16H23N3/c1-13(2)19-12-11-15(18-19)9-6-10-16(17)14-7-4-3-5-8-14/h3-5,7-8,11-13,16H,6,9-10,17H2,1-2H3. The summed E-state index contributed by atoms with van der Waals surface area (Å²) in [6.45, 7) is 4.28. The first-order chi connectivity index (χ1) is 9.16. The van der Waals surface area contributed by atoms with E-state index in [1.165, 1.54) is 5.56 Å². The van der Waals surface area contributed by atoms with E-state index in [-0.39, 0.29) is 6.04 Å². The Kier molecular flexibility index (Phi) is 4.74. The average molecular weight is 257 g/mol. The fraction of sp³-hybridized carbons (Fsp3) is 0.438. The van der Waals surface area contributed by atoms with Crippen LogP contribution in [0.2, 0.25) is 0 Å². The van der Waals surface area contributed by atoms with Crippen molar-refractivity contribution < 1.29 is 0 Å². The third-order valence-corrected chi connectivity index (χ3v) is 3.37. The van der Waals surface area contributed by atoms with E-state index in [0.29, 0.717) is 6.04 Å². The molecular formula is C16H23N3. The van der Waals surface area contributed by atoms with E-state index in [1.54, 1.807) is 0 Å². The molecule has 19 heavy (non-hydrogen) atoms. The number of nitrogens with two attached hydrogens (primary N) is 1. The highest BCUT2D eigenvalue weighted by atomic mass is 15.3. The highest BCUT2D eigenvalue weighted by Gasteiger charge is 2.06. The van der Waals surface area contributed by atoms with E-state index in [0.717, 1.165) is 25.0 Å². The van der Waals surface area contributed by atoms with Crippen LogP contribution in [0.5, 0.6) is 0 Å². The largest absolute Gasteiger partial charge is 0.324 e. The lowest BCUT2D eigenvalue weighted by Crippen LogP contribution is -2.10. The van der Waals surface area contributed by atoms with E-state index in [9.17, 15) is 0 Å². The summed E-state index contributed by atoms with van der Waals surface area (Å²) in [5, 5.41) is 4.56. The maximum atomic E-state index is 6.19. The molecule has 0 aliphatic heterocycles. The summed E-state index contributed by atoms with van der Waals surface area (Å²) >= 11 is 0. The van der Waals surface area contributed by atoms with Crippen LogP contribution >= 0.6 is 0 Å². The Morgan fingerprint density at radius 3 is 2.53 bits per heavy atom. The van der Waals surface area contributed by atoms with Gasteiger partial charge in [-0.05, 0) is 44.7 Å². The Bertz CT molecular complexity index is 488. The number of benzene rings is 1. The van der Waals surface area contributed by atoms with Gasteiger partial charge in [-0.2, -0.15) is 5.10 Å². The molecule has 0 aliphatic rings. The molecule has 0 fully saturated rings. The molecule has 3 nitrogen and oxygen atoms in total. The van der Waals surface area contributed by atoms with E-state index in [4.69, 9.17) is 5.73 Å². The Hall–Kier alpha value is -1.61. The van der Waals surface area contributed by atoms with Gasteiger partial charge < -0.3 is 5.73 Å². The maximum absolute atomic E-state index is 6.19. The highest BCUT2D eigenvalue weighted by molar-refractivity contribution is 5.18. The predicted molar refractivity (Wildman–Crippen MR) is 78.9 cm³/mol. The number of aromatic nitrogens is 2. The highest BCUT2D eigenvalue weighted by Crippen LogP contribution is 2.16. The number of aryl methyl sites for hydroxylation is 1. The SMILES string of the molecule is CC(C)n1ccc(CCCC(N)c2ccccc2)n1. The van der Waals surface area contributed by atoms with Crippen molar-refractivity contribution >= 4 is 0 Å². The van der Waals surface area contributed by atoms with Crippen molar-refractivity contribution in [2.45, 2.75) is 45.2 Å². The van der Waals surface area contributed by atoms with Crippen LogP contribution in [-0.4, -0.2) is 9.78 Å². The fourth-order valence-corrected chi connectivity index (χ4v) is 2.17. The normalized spacial score (nSPS) is 12.8. The van der Waals surface area contributed by atoms with Crippen LogP contribution < -0.4 is 5.73 Å². The summed E-state index contributed by atoms with van der Waals surface area (Å²) < 4.78 is 2.01. The molecule has 2 N–H and O–H groups in total. The van der Waals surface area contributed by atoms with Gasteiger partial charge in [0.25, 0.3) is 0 Å². The zero-order valence-corrected chi connectivity index (χ0v) is 11.8. The summed E-state index contributed by atoms with van der Waals surface area (Å²) in [4.78, 5) is 0. The van der Waals surface area contributed by atoms with Gasteiger partial charge in [-0.15, -0.1) is 0 Å². The molecule has 0 saturated carbocycles. The predicted octanol–water partition coefficient (Wildman–Crippen LogP) is 3.49. The second kappa shape index (κ2) is 6.53. The van der Waals surface area contributed by atoms with Gasteiger partial charge in [0.05, 0.1) is 5.69 Å². The summed E-state index contributed by atoms with van der Waals surface area (Å²) in [6, 6.07) is 13.0. The number of rotatable bonds is 6. The zero-order valence-electron chi connectivity index (χ0n) is 11.8. The van der Waals surface area contributed by atoms with Crippen LogP contribution in [0.25, 0.3) is 0 Å². The van der Waals surface area contributed by atoms with Crippen molar-refractivity contribution in [2.75, 3.05) is 0 Å². The van der Waals surface area contributed by atoms with Gasteiger partial charge in [0.1, 0.15) is 0 Å². The van der Waals surface area contributed by atoms with Crippen LogP contribution in [0.3, 0.4) is 0 Å². The molecule has 1 aromatic heterocycles. The molecule has 0 amide bonds. The lowest BCUT2D eigenvalue weighted by atomic mass is 10.0. The molecule has 1 heterocycles. The average Bonchev–Trinajstić information content (AvgIpc) is 2.89. The van der Waals surface area contributed by atoms with Gasteiger partial charge in [-0.25, -0.2) is 0 Å². The summed E-state index contributed by atoms with van der Waals surface area (Å²) in [5.74, 6) is 0. The molecular weight excluding hydrogens is 234 g/mol. The lowest BCUT2D eigenvalue weighted by molar-refractivity contribution is 0.522. The van der Waals surface area contributed by atoms with E-state index in [1.807, 2.05) is 22.9 Å². The topological polar surface area (TPSA) is 43.8 Å². The van der Waals surface area contributed by atoms with Crippen molar-refractivity contribution in [3.63, 3.8) is 0 Å². The zero-order chi connectivity index (χ0) is 13.7. The monoisotopic (exact) mass is 257 g/mol. The third kappa shape index (κ3) is 3.93. The Morgan fingerprint density at radius 2 is 1.89 bits per heavy atom. The molecule has 1 unspecified atom stereocenters. The Morgan fingerprint density at radius 1 is 1.16 bits per heavy atom. The van der Waals surface area contributed by atoms with Gasteiger partial charge in [0.15, 0.2) is 0 Å². The molecule has 0 radical (unpaired) electrons. The molecule has 0 saturated heterocycles. The van der Waals surface area contributed by atoms with E-state index < -0.39 is 0 Å². The minimum Gasteiger partial charge on any atom is -0.324 e. The minimum absolute atomic E-state index is 0.133. The second-order valence-electron chi connectivity index (χ2n) is 5.29. The van der Waals surface area contributed by atoms with Gasteiger partial charge >= 0.3 is 0 Å². The molecule has 3 heteroatoms. The van der Waals surface area contributed by atoms with Gasteiger partial charge in [-0.1, -0.05) is 30.3 Å². The van der Waals surface area contributed by atoms with Gasteiger partial charge in [-0.3, -0.25) is 4.68 Å². The Labute approximate surface area is 115 Å². The molecule has 0 bridgehead atoms. The van der Waals surface area contributed by atoms with E-state index in [2.05, 4.69) is 43.3 Å². The van der Waals surface area contributed by atoms with Crippen molar-refractivity contribution in [3.05, 3.63) is 53.9 Å². The first-order valence-electron chi connectivity index (χ1n) is 7.01. The molecule has 0 aliphatic carbocycles. The van der Waals surface area contributed by atoms with Crippen molar-refractivity contribution in [1.29, 1.82) is 0 Å². The Balaban J connectivity index is 1.80. The van der Waals surface area contributed by atoms with Crippen LogP contribution in [0.15, 0.2) is 42.6 Å². The molecule has 0 spiro atoms. The van der Waals surface area contributed by atoms with Gasteiger partial charge in [0, 0.05) is 18.3 Å². The second-order valence-corrected chi connectivity index (χ2v) is 5.29. The third-order valence-electron chi connectivity index (χ3n) is 3.37. The molecule has 2 rings (SSSR count). The first kappa shape index (κ1) is 13.8.